The second-order valence-corrected chi connectivity index (χ2v) is 8.01. The molecule has 0 aromatic heterocycles. The standard InChI is InChI=1S/C27H20N2O7/c1-33-19-9-5-16(11-21(19)34-2)24-23(25(30)17-6-10-20-22(12-17)36-14-35-20)26(31)27(32)29(24)18-7-3-15(13-28)4-8-18/h3-12,24,30H,14H2,1-2H3/b25-23+. The van der Waals surface area contributed by atoms with Crippen LogP contribution in [0.15, 0.2) is 66.2 Å². The summed E-state index contributed by atoms with van der Waals surface area (Å²) in [5.41, 5.74) is 1.50. The van der Waals surface area contributed by atoms with Gasteiger partial charge in [-0.2, -0.15) is 5.26 Å². The van der Waals surface area contributed by atoms with Crippen LogP contribution in [-0.2, 0) is 9.59 Å². The first-order valence-electron chi connectivity index (χ1n) is 10.9. The van der Waals surface area contributed by atoms with Crippen LogP contribution in [0.4, 0.5) is 5.69 Å². The van der Waals surface area contributed by atoms with Crippen molar-refractivity contribution in [3.05, 3.63) is 82.9 Å². The molecule has 36 heavy (non-hydrogen) atoms. The van der Waals surface area contributed by atoms with Crippen molar-refractivity contribution in [2.45, 2.75) is 6.04 Å². The number of anilines is 1. The highest BCUT2D eigenvalue weighted by atomic mass is 16.7. The number of carbonyl (C=O) groups excluding carboxylic acids is 2. The monoisotopic (exact) mass is 484 g/mol. The fourth-order valence-corrected chi connectivity index (χ4v) is 4.33. The zero-order valence-electron chi connectivity index (χ0n) is 19.3. The molecular formula is C27H20N2O7. The van der Waals surface area contributed by atoms with Gasteiger partial charge in [-0.3, -0.25) is 14.5 Å². The van der Waals surface area contributed by atoms with Crippen LogP contribution in [0.2, 0.25) is 0 Å². The lowest BCUT2D eigenvalue weighted by atomic mass is 9.94. The van der Waals surface area contributed by atoms with Crippen molar-refractivity contribution in [3.63, 3.8) is 0 Å². The quantitative estimate of drug-likeness (QED) is 0.329. The lowest BCUT2D eigenvalue weighted by Gasteiger charge is -2.26. The van der Waals surface area contributed by atoms with E-state index < -0.39 is 17.7 Å². The first-order chi connectivity index (χ1) is 17.5. The summed E-state index contributed by atoms with van der Waals surface area (Å²) in [6, 6.07) is 17.1. The Hall–Kier alpha value is -4.97. The molecule has 1 atom stereocenters. The van der Waals surface area contributed by atoms with Gasteiger partial charge in [-0.05, 0) is 60.2 Å². The second-order valence-electron chi connectivity index (χ2n) is 8.01. The van der Waals surface area contributed by atoms with Crippen LogP contribution in [0.5, 0.6) is 23.0 Å². The summed E-state index contributed by atoms with van der Waals surface area (Å²) in [6.07, 6.45) is 0. The summed E-state index contributed by atoms with van der Waals surface area (Å²) in [6.45, 7) is 0.0499. The van der Waals surface area contributed by atoms with Crippen molar-refractivity contribution in [1.82, 2.24) is 0 Å². The summed E-state index contributed by atoms with van der Waals surface area (Å²) in [5.74, 6) is -0.237. The van der Waals surface area contributed by atoms with Crippen LogP contribution in [0.3, 0.4) is 0 Å². The second kappa shape index (κ2) is 9.00. The van der Waals surface area contributed by atoms with Gasteiger partial charge in [0.2, 0.25) is 6.79 Å². The zero-order chi connectivity index (χ0) is 25.4. The maximum Gasteiger partial charge on any atom is 0.300 e. The van der Waals surface area contributed by atoms with E-state index in [9.17, 15) is 14.7 Å². The highest BCUT2D eigenvalue weighted by Gasteiger charge is 2.47. The number of methoxy groups -OCH3 is 2. The minimum atomic E-state index is -0.983. The molecule has 180 valence electrons. The van der Waals surface area contributed by atoms with E-state index in [1.165, 1.54) is 19.1 Å². The molecule has 1 N–H and O–H groups in total. The SMILES string of the molecule is COc1ccc(C2/C(=C(\O)c3ccc4c(c3)OCO4)C(=O)C(=O)N2c2ccc(C#N)cc2)cc1OC. The van der Waals surface area contributed by atoms with Crippen molar-refractivity contribution in [2.24, 2.45) is 0 Å². The Kier molecular flexibility index (Phi) is 5.70. The summed E-state index contributed by atoms with van der Waals surface area (Å²) in [7, 11) is 2.98. The predicted molar refractivity (Wildman–Crippen MR) is 128 cm³/mol. The van der Waals surface area contributed by atoms with Crippen LogP contribution in [0.1, 0.15) is 22.7 Å². The fraction of sp³-hybridized carbons (Fsp3) is 0.148. The first kappa shape index (κ1) is 22.8. The van der Waals surface area contributed by atoms with Gasteiger partial charge in [0.05, 0.1) is 37.5 Å². The maximum absolute atomic E-state index is 13.3. The van der Waals surface area contributed by atoms with Gasteiger partial charge in [0.25, 0.3) is 11.7 Å². The molecule has 0 bridgehead atoms. The third-order valence-corrected chi connectivity index (χ3v) is 6.09. The molecular weight excluding hydrogens is 464 g/mol. The molecule has 2 aliphatic heterocycles. The first-order valence-corrected chi connectivity index (χ1v) is 10.9. The third kappa shape index (κ3) is 3.65. The van der Waals surface area contributed by atoms with E-state index in [1.54, 1.807) is 60.7 Å². The van der Waals surface area contributed by atoms with Crippen molar-refractivity contribution in [1.29, 1.82) is 5.26 Å². The fourth-order valence-electron chi connectivity index (χ4n) is 4.33. The Bertz CT molecular complexity index is 1450. The zero-order valence-corrected chi connectivity index (χ0v) is 19.3. The molecule has 1 fully saturated rings. The average molecular weight is 484 g/mol. The van der Waals surface area contributed by atoms with Gasteiger partial charge in [0.1, 0.15) is 5.76 Å². The molecule has 2 aliphatic rings. The summed E-state index contributed by atoms with van der Waals surface area (Å²) < 4.78 is 21.5. The van der Waals surface area contributed by atoms with Crippen LogP contribution >= 0.6 is 0 Å². The number of fused-ring (bicyclic) bond motifs is 1. The number of hydrogen-bond donors (Lipinski definition) is 1. The minimum absolute atomic E-state index is 0.0499. The molecule has 0 radical (unpaired) electrons. The summed E-state index contributed by atoms with van der Waals surface area (Å²) in [5, 5.41) is 20.5. The molecule has 1 amide bonds. The number of Topliss-reactive ketones (excluding diaryl/α,β-unsaturated/α-hetero) is 1. The van der Waals surface area contributed by atoms with Gasteiger partial charge < -0.3 is 24.1 Å². The molecule has 5 rings (SSSR count). The van der Waals surface area contributed by atoms with Crippen molar-refractivity contribution in [3.8, 4) is 29.1 Å². The van der Waals surface area contributed by atoms with E-state index >= 15 is 0 Å². The van der Waals surface area contributed by atoms with Crippen molar-refractivity contribution >= 4 is 23.1 Å². The Morgan fingerprint density at radius 2 is 1.69 bits per heavy atom. The molecule has 1 saturated heterocycles. The average Bonchev–Trinajstić information content (AvgIpc) is 3.49. The molecule has 3 aromatic rings. The van der Waals surface area contributed by atoms with Crippen LogP contribution in [0.25, 0.3) is 5.76 Å². The van der Waals surface area contributed by atoms with Crippen LogP contribution in [0, 0.1) is 11.3 Å². The number of nitriles is 1. The highest BCUT2D eigenvalue weighted by Crippen LogP contribution is 2.45. The normalized spacial score (nSPS) is 17.7. The van der Waals surface area contributed by atoms with E-state index in [1.807, 2.05) is 6.07 Å². The molecule has 0 aliphatic carbocycles. The van der Waals surface area contributed by atoms with E-state index in [-0.39, 0.29) is 18.1 Å². The number of nitrogens with zero attached hydrogens (tertiary/aromatic N) is 2. The van der Waals surface area contributed by atoms with E-state index in [4.69, 9.17) is 24.2 Å². The number of aliphatic hydroxyl groups excluding tert-OH is 1. The van der Waals surface area contributed by atoms with Gasteiger partial charge in [-0.1, -0.05) is 6.07 Å². The number of rotatable bonds is 5. The van der Waals surface area contributed by atoms with Crippen molar-refractivity contribution in [2.75, 3.05) is 25.9 Å². The Labute approximate surface area is 206 Å². The Balaban J connectivity index is 1.71. The molecule has 3 aromatic carbocycles. The number of carbonyl (C=O) groups is 2. The highest BCUT2D eigenvalue weighted by molar-refractivity contribution is 6.51. The van der Waals surface area contributed by atoms with Gasteiger partial charge >= 0.3 is 0 Å². The number of benzene rings is 3. The topological polar surface area (TPSA) is 118 Å². The molecule has 9 nitrogen and oxygen atoms in total. The number of amides is 1. The maximum atomic E-state index is 13.3. The number of ketones is 1. The van der Waals surface area contributed by atoms with Gasteiger partial charge in [-0.25, -0.2) is 0 Å². The Morgan fingerprint density at radius 3 is 2.39 bits per heavy atom. The van der Waals surface area contributed by atoms with Gasteiger partial charge in [-0.15, -0.1) is 0 Å². The molecule has 0 saturated carbocycles. The minimum Gasteiger partial charge on any atom is -0.507 e. The van der Waals surface area contributed by atoms with E-state index in [0.717, 1.165) is 0 Å². The predicted octanol–water partition coefficient (Wildman–Crippen LogP) is 3.93. The summed E-state index contributed by atoms with van der Waals surface area (Å²) >= 11 is 0. The van der Waals surface area contributed by atoms with Gasteiger partial charge in [0.15, 0.2) is 23.0 Å². The Morgan fingerprint density at radius 1 is 0.972 bits per heavy atom. The third-order valence-electron chi connectivity index (χ3n) is 6.09. The van der Waals surface area contributed by atoms with Crippen molar-refractivity contribution < 1.29 is 33.6 Å². The van der Waals surface area contributed by atoms with E-state index in [2.05, 4.69) is 0 Å². The molecule has 9 heteroatoms. The lowest BCUT2D eigenvalue weighted by molar-refractivity contribution is -0.132. The molecule has 0 spiro atoms. The van der Waals surface area contributed by atoms with Crippen LogP contribution < -0.4 is 23.8 Å². The lowest BCUT2D eigenvalue weighted by Crippen LogP contribution is -2.29. The van der Waals surface area contributed by atoms with Crippen LogP contribution in [-0.4, -0.2) is 37.8 Å². The number of aliphatic hydroxyl groups is 1. The smallest absolute Gasteiger partial charge is 0.300 e. The van der Waals surface area contributed by atoms with E-state index in [0.29, 0.717) is 45.4 Å². The molecule has 1 unspecified atom stereocenters. The van der Waals surface area contributed by atoms with Gasteiger partial charge in [0, 0.05) is 11.3 Å². The summed E-state index contributed by atoms with van der Waals surface area (Å²) in [4.78, 5) is 28.0. The number of ether oxygens (including phenoxy) is 4. The molecule has 2 heterocycles. The number of hydrogen-bond acceptors (Lipinski definition) is 8. The largest absolute Gasteiger partial charge is 0.507 e.